The molecular formula is C26H26N6O3. The molecule has 0 unspecified atom stereocenters. The van der Waals surface area contributed by atoms with Crippen molar-refractivity contribution in [3.8, 4) is 28.4 Å². The first-order valence-electron chi connectivity index (χ1n) is 11.3. The van der Waals surface area contributed by atoms with Crippen molar-refractivity contribution in [1.29, 1.82) is 0 Å². The summed E-state index contributed by atoms with van der Waals surface area (Å²) in [5, 5.41) is 8.57. The minimum atomic E-state index is -0.319. The van der Waals surface area contributed by atoms with Gasteiger partial charge in [-0.15, -0.1) is 5.10 Å². The maximum absolute atomic E-state index is 13.0. The van der Waals surface area contributed by atoms with Crippen molar-refractivity contribution in [1.82, 2.24) is 29.3 Å². The summed E-state index contributed by atoms with van der Waals surface area (Å²) in [5.41, 5.74) is 3.92. The lowest BCUT2D eigenvalue weighted by atomic mass is 9.87. The molecule has 0 saturated carbocycles. The van der Waals surface area contributed by atoms with Crippen molar-refractivity contribution in [2.45, 2.75) is 39.7 Å². The molecule has 0 amide bonds. The smallest absolute Gasteiger partial charge is 0.352 e. The van der Waals surface area contributed by atoms with Crippen LogP contribution in [-0.2, 0) is 12.0 Å². The van der Waals surface area contributed by atoms with Crippen LogP contribution in [0.2, 0.25) is 0 Å². The highest BCUT2D eigenvalue weighted by molar-refractivity contribution is 5.64. The second-order valence-corrected chi connectivity index (χ2v) is 9.39. The minimum absolute atomic E-state index is 0.0604. The molecule has 5 rings (SSSR count). The van der Waals surface area contributed by atoms with E-state index in [9.17, 15) is 4.79 Å². The van der Waals surface area contributed by atoms with Crippen molar-refractivity contribution >= 4 is 5.65 Å². The van der Waals surface area contributed by atoms with Crippen molar-refractivity contribution in [3.05, 3.63) is 82.4 Å². The van der Waals surface area contributed by atoms with E-state index in [-0.39, 0.29) is 17.6 Å². The second-order valence-electron chi connectivity index (χ2n) is 9.39. The fourth-order valence-corrected chi connectivity index (χ4v) is 3.90. The summed E-state index contributed by atoms with van der Waals surface area (Å²) < 4.78 is 13.4. The molecule has 0 atom stereocenters. The largest absolute Gasteiger partial charge is 0.497 e. The molecule has 3 heterocycles. The Balaban J connectivity index is 1.43. The van der Waals surface area contributed by atoms with Crippen LogP contribution in [0.1, 0.15) is 38.0 Å². The highest BCUT2D eigenvalue weighted by Crippen LogP contribution is 2.25. The first-order valence-corrected chi connectivity index (χ1v) is 11.3. The summed E-state index contributed by atoms with van der Waals surface area (Å²) in [6.45, 7) is 8.33. The van der Waals surface area contributed by atoms with E-state index >= 15 is 0 Å². The van der Waals surface area contributed by atoms with Crippen LogP contribution in [0.5, 0.6) is 5.75 Å². The van der Waals surface area contributed by atoms with Crippen molar-refractivity contribution in [2.24, 2.45) is 0 Å². The number of ether oxygens (including phenoxy) is 1. The Bertz CT molecular complexity index is 1550. The number of hydrogen-bond donors (Lipinski definition) is 0. The molecular weight excluding hydrogens is 444 g/mol. The quantitative estimate of drug-likeness (QED) is 0.378. The van der Waals surface area contributed by atoms with E-state index in [0.717, 1.165) is 16.9 Å². The lowest BCUT2D eigenvalue weighted by molar-refractivity contribution is 0.364. The summed E-state index contributed by atoms with van der Waals surface area (Å²) in [7, 11) is 1.62. The molecule has 0 aliphatic rings. The van der Waals surface area contributed by atoms with Gasteiger partial charge in [0.05, 0.1) is 12.8 Å². The number of nitrogens with zero attached hydrogens (tertiary/aromatic N) is 6. The number of methoxy groups -OCH3 is 1. The van der Waals surface area contributed by atoms with Crippen LogP contribution in [0.3, 0.4) is 0 Å². The van der Waals surface area contributed by atoms with Crippen LogP contribution in [0.25, 0.3) is 28.3 Å². The van der Waals surface area contributed by atoms with Crippen LogP contribution in [0, 0.1) is 6.92 Å². The predicted molar refractivity (Wildman–Crippen MR) is 132 cm³/mol. The van der Waals surface area contributed by atoms with E-state index in [0.29, 0.717) is 28.9 Å². The van der Waals surface area contributed by atoms with Gasteiger partial charge in [0, 0.05) is 17.2 Å². The van der Waals surface area contributed by atoms with Crippen LogP contribution < -0.4 is 10.4 Å². The Morgan fingerprint density at radius 2 is 1.66 bits per heavy atom. The SMILES string of the molecule is COc1ccc(-c2cc3nn(Cc4nc(-c5ccc(C(C)(C)C)cc5)no4)c(=O)n3c(C)n2)cc1. The number of hydrogen-bond acceptors (Lipinski definition) is 7. The number of aryl methyl sites for hydroxylation is 1. The molecule has 0 aliphatic heterocycles. The molecule has 0 aliphatic carbocycles. The Hall–Kier alpha value is -4.27. The van der Waals surface area contributed by atoms with Crippen LogP contribution >= 0.6 is 0 Å². The lowest BCUT2D eigenvalue weighted by Gasteiger charge is -2.18. The highest BCUT2D eigenvalue weighted by atomic mass is 16.5. The third kappa shape index (κ3) is 4.32. The number of aromatic nitrogens is 6. The standard InChI is InChI=1S/C26H26N6O3/c1-16-27-21(17-8-12-20(34-5)13-9-17)14-22-29-31(25(33)32(16)22)15-23-28-24(30-35-23)18-6-10-19(11-7-18)26(2,3)4/h6-14H,15H2,1-5H3. The molecule has 35 heavy (non-hydrogen) atoms. The van der Waals surface area contributed by atoms with E-state index in [4.69, 9.17) is 9.26 Å². The van der Waals surface area contributed by atoms with Crippen LogP contribution in [0.15, 0.2) is 63.9 Å². The van der Waals surface area contributed by atoms with Gasteiger partial charge in [-0.1, -0.05) is 50.2 Å². The summed E-state index contributed by atoms with van der Waals surface area (Å²) in [5.74, 6) is 2.06. The summed E-state index contributed by atoms with van der Waals surface area (Å²) in [6.07, 6.45) is 0. The maximum atomic E-state index is 13.0. The zero-order chi connectivity index (χ0) is 24.7. The van der Waals surface area contributed by atoms with Crippen molar-refractivity contribution < 1.29 is 9.26 Å². The summed E-state index contributed by atoms with van der Waals surface area (Å²) >= 11 is 0. The zero-order valence-electron chi connectivity index (χ0n) is 20.3. The van der Waals surface area contributed by atoms with Crippen LogP contribution in [-0.4, -0.2) is 36.4 Å². The normalized spacial score (nSPS) is 11.8. The second kappa shape index (κ2) is 8.50. The zero-order valence-corrected chi connectivity index (χ0v) is 20.3. The van der Waals surface area contributed by atoms with Gasteiger partial charge in [-0.25, -0.2) is 18.9 Å². The monoisotopic (exact) mass is 470 g/mol. The Labute approximate surface area is 202 Å². The van der Waals surface area contributed by atoms with Crippen molar-refractivity contribution in [3.63, 3.8) is 0 Å². The highest BCUT2D eigenvalue weighted by Gasteiger charge is 2.17. The average molecular weight is 471 g/mol. The molecule has 0 fully saturated rings. The van der Waals surface area contributed by atoms with Crippen molar-refractivity contribution in [2.75, 3.05) is 7.11 Å². The van der Waals surface area contributed by atoms with Gasteiger partial charge >= 0.3 is 5.69 Å². The fourth-order valence-electron chi connectivity index (χ4n) is 3.90. The van der Waals surface area contributed by atoms with Gasteiger partial charge in [0.25, 0.3) is 0 Å². The third-order valence-corrected chi connectivity index (χ3v) is 5.88. The third-order valence-electron chi connectivity index (χ3n) is 5.88. The number of fused-ring (bicyclic) bond motifs is 1. The average Bonchev–Trinajstić information content (AvgIpc) is 3.43. The van der Waals surface area contributed by atoms with Gasteiger partial charge in [0.2, 0.25) is 11.7 Å². The molecule has 0 N–H and O–H groups in total. The Morgan fingerprint density at radius 1 is 0.971 bits per heavy atom. The van der Waals surface area contributed by atoms with Gasteiger partial charge in [-0.05, 0) is 42.2 Å². The predicted octanol–water partition coefficient (Wildman–Crippen LogP) is 4.27. The molecule has 9 nitrogen and oxygen atoms in total. The molecule has 178 valence electrons. The van der Waals surface area contributed by atoms with Gasteiger partial charge in [0.1, 0.15) is 18.1 Å². The summed E-state index contributed by atoms with van der Waals surface area (Å²) in [6, 6.07) is 17.4. The van der Waals surface area contributed by atoms with Gasteiger partial charge in [-0.2, -0.15) is 4.98 Å². The fraction of sp³-hybridized carbons (Fsp3) is 0.269. The molecule has 2 aromatic carbocycles. The molecule has 0 spiro atoms. The lowest BCUT2D eigenvalue weighted by Crippen LogP contribution is -2.23. The molecule has 5 aromatic rings. The molecule has 0 radical (unpaired) electrons. The van der Waals surface area contributed by atoms with Gasteiger partial charge < -0.3 is 9.26 Å². The van der Waals surface area contributed by atoms with Crippen LogP contribution in [0.4, 0.5) is 0 Å². The minimum Gasteiger partial charge on any atom is -0.497 e. The van der Waals surface area contributed by atoms with E-state index in [1.165, 1.54) is 14.6 Å². The first-order chi connectivity index (χ1) is 16.7. The summed E-state index contributed by atoms with van der Waals surface area (Å²) in [4.78, 5) is 22.1. The maximum Gasteiger partial charge on any atom is 0.352 e. The number of rotatable bonds is 5. The molecule has 0 saturated heterocycles. The number of benzene rings is 2. The van der Waals surface area contributed by atoms with Gasteiger partial charge in [0.15, 0.2) is 5.65 Å². The Kier molecular flexibility index (Phi) is 5.47. The van der Waals surface area contributed by atoms with E-state index in [1.54, 1.807) is 20.1 Å². The molecule has 3 aromatic heterocycles. The molecule has 9 heteroatoms. The van der Waals surface area contributed by atoms with E-state index in [1.807, 2.05) is 36.4 Å². The van der Waals surface area contributed by atoms with Gasteiger partial charge in [-0.3, -0.25) is 0 Å². The van der Waals surface area contributed by atoms with E-state index < -0.39 is 0 Å². The van der Waals surface area contributed by atoms with E-state index in [2.05, 4.69) is 53.1 Å². The first kappa shape index (κ1) is 22.5. The topological polar surface area (TPSA) is 100 Å². The molecule has 0 bridgehead atoms. The Morgan fingerprint density at radius 3 is 2.31 bits per heavy atom.